The van der Waals surface area contributed by atoms with Crippen LogP contribution in [-0.4, -0.2) is 70.7 Å². The van der Waals surface area contributed by atoms with Crippen LogP contribution in [0.5, 0.6) is 0 Å². The Morgan fingerprint density at radius 3 is 1.48 bits per heavy atom. The molecule has 0 saturated carbocycles. The summed E-state index contributed by atoms with van der Waals surface area (Å²) in [7, 11) is 1.35. The van der Waals surface area contributed by atoms with Crippen molar-refractivity contribution in [2.45, 2.75) is 219 Å². The normalized spacial score (nSPS) is 13.9. The third-order valence-electron chi connectivity index (χ3n) is 10.3. The molecule has 2 atom stereocenters. The quantitative estimate of drug-likeness (QED) is 0.0199. The van der Waals surface area contributed by atoms with E-state index < -0.39 is 13.9 Å². The molecule has 0 aliphatic heterocycles. The van der Waals surface area contributed by atoms with Gasteiger partial charge < -0.3 is 27.9 Å². The molecular formula is C47H92NO7P. The molecule has 0 aliphatic carbocycles. The van der Waals surface area contributed by atoms with E-state index in [1.54, 1.807) is 0 Å². The SMILES string of the molecule is CCCCC/C=C\C/C=C\CCCCCCCC(=O)OC(COCCCCCCCCCCCCCCCCCCCCC)COP(=O)([O-])OCC[N+](C)(C)C. The molecule has 0 rings (SSSR count). The summed E-state index contributed by atoms with van der Waals surface area (Å²) >= 11 is 0. The zero-order chi connectivity index (χ0) is 41.3. The van der Waals surface area contributed by atoms with E-state index in [1.807, 2.05) is 21.1 Å². The average Bonchev–Trinajstić information content (AvgIpc) is 3.15. The Labute approximate surface area is 347 Å². The van der Waals surface area contributed by atoms with Crippen LogP contribution in [0.1, 0.15) is 213 Å². The van der Waals surface area contributed by atoms with Crippen molar-refractivity contribution in [2.75, 3.05) is 54.1 Å². The van der Waals surface area contributed by atoms with Crippen LogP contribution >= 0.6 is 7.82 Å². The molecule has 332 valence electrons. The topological polar surface area (TPSA) is 94.1 Å². The molecular weight excluding hydrogens is 721 g/mol. The first kappa shape index (κ1) is 55.0. The number of rotatable bonds is 44. The minimum Gasteiger partial charge on any atom is -0.756 e. The number of carbonyl (C=O) groups is 1. The van der Waals surface area contributed by atoms with E-state index in [0.717, 1.165) is 57.8 Å². The van der Waals surface area contributed by atoms with Gasteiger partial charge in [-0.1, -0.05) is 186 Å². The Hall–Kier alpha value is -1.02. The van der Waals surface area contributed by atoms with Gasteiger partial charge in [0.25, 0.3) is 7.82 Å². The summed E-state index contributed by atoms with van der Waals surface area (Å²) in [5, 5.41) is 0. The fourth-order valence-corrected chi connectivity index (χ4v) is 7.31. The fourth-order valence-electron chi connectivity index (χ4n) is 6.58. The number of allylic oxidation sites excluding steroid dienone is 4. The van der Waals surface area contributed by atoms with Gasteiger partial charge in [0.05, 0.1) is 34.4 Å². The number of unbranched alkanes of at least 4 members (excludes halogenated alkanes) is 26. The lowest BCUT2D eigenvalue weighted by Crippen LogP contribution is -2.37. The first-order valence-corrected chi connectivity index (χ1v) is 25.0. The third-order valence-corrected chi connectivity index (χ3v) is 11.2. The molecule has 0 heterocycles. The second-order valence-corrected chi connectivity index (χ2v) is 18.5. The van der Waals surface area contributed by atoms with Crippen LogP contribution in [-0.2, 0) is 27.9 Å². The molecule has 0 amide bonds. The van der Waals surface area contributed by atoms with E-state index in [1.165, 1.54) is 135 Å². The third kappa shape index (κ3) is 44.1. The van der Waals surface area contributed by atoms with E-state index in [0.29, 0.717) is 24.1 Å². The first-order valence-electron chi connectivity index (χ1n) is 23.6. The zero-order valence-corrected chi connectivity index (χ0v) is 38.5. The van der Waals surface area contributed by atoms with Crippen molar-refractivity contribution < 1.29 is 37.3 Å². The predicted molar refractivity (Wildman–Crippen MR) is 236 cm³/mol. The number of hydrogen-bond donors (Lipinski definition) is 0. The van der Waals surface area contributed by atoms with Gasteiger partial charge in [0.2, 0.25) is 0 Å². The molecule has 0 aromatic rings. The van der Waals surface area contributed by atoms with Crippen molar-refractivity contribution >= 4 is 13.8 Å². The Bertz CT molecular complexity index is 951. The second kappa shape index (κ2) is 40.7. The van der Waals surface area contributed by atoms with Crippen molar-refractivity contribution in [3.05, 3.63) is 24.3 Å². The van der Waals surface area contributed by atoms with Crippen molar-refractivity contribution in [1.29, 1.82) is 0 Å². The molecule has 0 radical (unpaired) electrons. The molecule has 0 fully saturated rings. The van der Waals surface area contributed by atoms with Gasteiger partial charge in [0.1, 0.15) is 19.3 Å². The predicted octanol–water partition coefficient (Wildman–Crippen LogP) is 13.4. The maximum Gasteiger partial charge on any atom is 0.306 e. The highest BCUT2D eigenvalue weighted by atomic mass is 31.2. The summed E-state index contributed by atoms with van der Waals surface area (Å²) in [5.41, 5.74) is 0. The number of hydrogen-bond acceptors (Lipinski definition) is 7. The molecule has 9 heteroatoms. The Morgan fingerprint density at radius 2 is 0.982 bits per heavy atom. The van der Waals surface area contributed by atoms with Crippen molar-refractivity contribution in [3.63, 3.8) is 0 Å². The lowest BCUT2D eigenvalue weighted by molar-refractivity contribution is -0.870. The van der Waals surface area contributed by atoms with Crippen LogP contribution in [0, 0.1) is 0 Å². The number of quaternary nitrogens is 1. The highest BCUT2D eigenvalue weighted by molar-refractivity contribution is 7.45. The van der Waals surface area contributed by atoms with Gasteiger partial charge in [-0.05, 0) is 44.9 Å². The molecule has 56 heavy (non-hydrogen) atoms. The van der Waals surface area contributed by atoms with Gasteiger partial charge >= 0.3 is 5.97 Å². The van der Waals surface area contributed by atoms with Crippen LogP contribution in [0.15, 0.2) is 24.3 Å². The number of phosphoric ester groups is 1. The molecule has 0 bridgehead atoms. The fraction of sp³-hybridized carbons (Fsp3) is 0.894. The lowest BCUT2D eigenvalue weighted by Gasteiger charge is -2.28. The van der Waals surface area contributed by atoms with Crippen LogP contribution in [0.3, 0.4) is 0 Å². The maximum atomic E-state index is 12.7. The highest BCUT2D eigenvalue weighted by Gasteiger charge is 2.20. The second-order valence-electron chi connectivity index (χ2n) is 17.1. The average molecular weight is 814 g/mol. The van der Waals surface area contributed by atoms with Gasteiger partial charge in [-0.25, -0.2) is 0 Å². The lowest BCUT2D eigenvalue weighted by atomic mass is 10.0. The Kier molecular flexibility index (Phi) is 40.0. The summed E-state index contributed by atoms with van der Waals surface area (Å²) in [4.78, 5) is 25.1. The van der Waals surface area contributed by atoms with Crippen LogP contribution in [0.25, 0.3) is 0 Å². The number of likely N-dealkylation sites (N-methyl/N-ethyl adjacent to an activating group) is 1. The molecule has 0 N–H and O–H groups in total. The Morgan fingerprint density at radius 1 is 0.554 bits per heavy atom. The first-order chi connectivity index (χ1) is 27.1. The minimum atomic E-state index is -4.53. The van der Waals surface area contributed by atoms with E-state index in [-0.39, 0.29) is 25.8 Å². The van der Waals surface area contributed by atoms with Crippen molar-refractivity contribution in [1.82, 2.24) is 0 Å². The summed E-state index contributed by atoms with van der Waals surface area (Å²) in [6.07, 6.45) is 46.2. The summed E-state index contributed by atoms with van der Waals surface area (Å²) < 4.78 is 34.6. The number of nitrogens with zero attached hydrogens (tertiary/aromatic N) is 1. The van der Waals surface area contributed by atoms with E-state index in [2.05, 4.69) is 38.2 Å². The van der Waals surface area contributed by atoms with Gasteiger partial charge in [0, 0.05) is 13.0 Å². The highest BCUT2D eigenvalue weighted by Crippen LogP contribution is 2.38. The molecule has 0 aromatic carbocycles. The molecule has 0 aromatic heterocycles. The van der Waals surface area contributed by atoms with Gasteiger partial charge in [-0.15, -0.1) is 0 Å². The maximum absolute atomic E-state index is 12.7. The largest absolute Gasteiger partial charge is 0.756 e. The smallest absolute Gasteiger partial charge is 0.306 e. The van der Waals surface area contributed by atoms with E-state index in [4.69, 9.17) is 18.5 Å². The van der Waals surface area contributed by atoms with Crippen molar-refractivity contribution in [3.8, 4) is 0 Å². The minimum absolute atomic E-state index is 0.0253. The van der Waals surface area contributed by atoms with Crippen molar-refractivity contribution in [2.24, 2.45) is 0 Å². The van der Waals surface area contributed by atoms with Crippen LogP contribution < -0.4 is 4.89 Å². The standard InChI is InChI=1S/C47H92NO7P/c1-6-8-10-12-14-16-18-20-22-23-24-25-27-29-31-33-35-37-39-42-52-44-46(45-54-56(50,51)53-43-41-48(3,4)5)55-47(49)40-38-36-34-32-30-28-26-21-19-17-15-13-11-9-7-2/h15,17,21,26,46H,6-14,16,18-20,22-25,27-45H2,1-5H3/b17-15-,26-21-. The summed E-state index contributed by atoms with van der Waals surface area (Å²) in [6.45, 7) is 5.40. The van der Waals surface area contributed by atoms with E-state index >= 15 is 0 Å². The summed E-state index contributed by atoms with van der Waals surface area (Å²) in [6, 6.07) is 0. The Balaban J connectivity index is 4.17. The number of esters is 1. The molecule has 2 unspecified atom stereocenters. The van der Waals surface area contributed by atoms with E-state index in [9.17, 15) is 14.3 Å². The summed E-state index contributed by atoms with van der Waals surface area (Å²) in [5.74, 6) is -0.344. The zero-order valence-electron chi connectivity index (χ0n) is 37.6. The van der Waals surface area contributed by atoms with Crippen LogP contribution in [0.2, 0.25) is 0 Å². The number of carbonyl (C=O) groups excluding carboxylic acids is 1. The molecule has 0 saturated heterocycles. The molecule has 0 aliphatic rings. The van der Waals surface area contributed by atoms with Gasteiger partial charge in [-0.3, -0.25) is 9.36 Å². The number of ether oxygens (including phenoxy) is 2. The monoisotopic (exact) mass is 814 g/mol. The number of phosphoric acid groups is 1. The van der Waals surface area contributed by atoms with Crippen LogP contribution in [0.4, 0.5) is 0 Å². The van der Waals surface area contributed by atoms with Gasteiger partial charge in [0.15, 0.2) is 0 Å². The molecule has 8 nitrogen and oxygen atoms in total. The molecule has 0 spiro atoms. The van der Waals surface area contributed by atoms with Gasteiger partial charge in [-0.2, -0.15) is 0 Å².